The maximum absolute atomic E-state index is 12.5. The molecule has 18 heavy (non-hydrogen) atoms. The van der Waals surface area contributed by atoms with Gasteiger partial charge in [0, 0.05) is 5.56 Å². The van der Waals surface area contributed by atoms with Gasteiger partial charge in [0.15, 0.2) is 0 Å². The summed E-state index contributed by atoms with van der Waals surface area (Å²) >= 11 is 0. The first-order chi connectivity index (χ1) is 8.34. The van der Waals surface area contributed by atoms with E-state index >= 15 is 0 Å². The second-order valence-electron chi connectivity index (χ2n) is 4.52. The molecule has 1 aromatic carbocycles. The lowest BCUT2D eigenvalue weighted by Gasteiger charge is -2.23. The smallest absolute Gasteiger partial charge is 0.309 e. The van der Waals surface area contributed by atoms with Gasteiger partial charge in [0.05, 0.1) is 12.0 Å². The molecule has 0 aliphatic carbocycles. The molecule has 0 heterocycles. The fourth-order valence-corrected chi connectivity index (χ4v) is 1.87. The predicted molar refractivity (Wildman–Crippen MR) is 62.3 cm³/mol. The molecule has 0 bridgehead atoms. The van der Waals surface area contributed by atoms with Crippen molar-refractivity contribution in [1.82, 2.24) is 0 Å². The molecule has 2 N–H and O–H groups in total. The fourth-order valence-electron chi connectivity index (χ4n) is 1.87. The first-order valence-electron chi connectivity index (χ1n) is 5.63. The number of halogens is 2. The number of benzene rings is 1. The average molecular weight is 258 g/mol. The summed E-state index contributed by atoms with van der Waals surface area (Å²) < 4.78 is 25.1. The molecule has 1 rings (SSSR count). The average Bonchev–Trinajstić information content (AvgIpc) is 2.28. The highest BCUT2D eigenvalue weighted by Gasteiger charge is 2.31. The Morgan fingerprint density at radius 2 is 1.78 bits per heavy atom. The van der Waals surface area contributed by atoms with Gasteiger partial charge in [-0.15, -0.1) is 0 Å². The predicted octanol–water partition coefficient (Wildman–Crippen LogP) is 3.01. The Labute approximate surface area is 104 Å². The van der Waals surface area contributed by atoms with Crippen LogP contribution in [0.4, 0.5) is 8.78 Å². The molecule has 0 aliphatic heterocycles. The minimum atomic E-state index is -2.64. The minimum Gasteiger partial charge on any atom is -0.481 e. The number of carbonyl (C=O) groups is 1. The Bertz CT molecular complexity index is 418. The van der Waals surface area contributed by atoms with Crippen LogP contribution in [0.25, 0.3) is 0 Å². The van der Waals surface area contributed by atoms with Crippen LogP contribution in [-0.4, -0.2) is 16.2 Å². The van der Waals surface area contributed by atoms with E-state index in [1.807, 2.05) is 0 Å². The molecule has 0 saturated carbocycles. The monoisotopic (exact) mass is 258 g/mol. The van der Waals surface area contributed by atoms with Gasteiger partial charge in [0.25, 0.3) is 6.43 Å². The van der Waals surface area contributed by atoms with Crippen LogP contribution >= 0.6 is 0 Å². The number of aliphatic carboxylic acids is 1. The summed E-state index contributed by atoms with van der Waals surface area (Å²) in [6.45, 7) is 3.33. The molecule has 3 nitrogen and oxygen atoms in total. The number of aliphatic hydroxyl groups is 1. The third kappa shape index (κ3) is 3.26. The molecule has 2 atom stereocenters. The summed E-state index contributed by atoms with van der Waals surface area (Å²) in [6, 6.07) is 5.23. The highest BCUT2D eigenvalue weighted by molar-refractivity contribution is 5.71. The third-order valence-electron chi connectivity index (χ3n) is 2.85. The van der Waals surface area contributed by atoms with Crippen molar-refractivity contribution in [3.8, 4) is 0 Å². The standard InChI is InChI=1S/C13H16F2O3/c1-7(2)10(13(17)18)11(16)8-4-3-5-9(6-8)12(14)15/h3-7,10-12,16H,1-2H3,(H,17,18). The molecular formula is C13H16F2O3. The van der Waals surface area contributed by atoms with Crippen molar-refractivity contribution in [2.24, 2.45) is 11.8 Å². The van der Waals surface area contributed by atoms with E-state index in [-0.39, 0.29) is 17.0 Å². The van der Waals surface area contributed by atoms with Crippen LogP contribution in [0.5, 0.6) is 0 Å². The van der Waals surface area contributed by atoms with Gasteiger partial charge in [-0.3, -0.25) is 4.79 Å². The zero-order chi connectivity index (χ0) is 13.9. The van der Waals surface area contributed by atoms with Crippen LogP contribution in [0.15, 0.2) is 24.3 Å². The van der Waals surface area contributed by atoms with E-state index in [9.17, 15) is 18.7 Å². The van der Waals surface area contributed by atoms with Crippen molar-refractivity contribution in [2.45, 2.75) is 26.4 Å². The van der Waals surface area contributed by atoms with E-state index in [4.69, 9.17) is 5.11 Å². The summed E-state index contributed by atoms with van der Waals surface area (Å²) in [7, 11) is 0. The van der Waals surface area contributed by atoms with Gasteiger partial charge < -0.3 is 10.2 Å². The highest BCUT2D eigenvalue weighted by atomic mass is 19.3. The number of carboxylic acid groups (broad SMARTS) is 1. The Balaban J connectivity index is 3.05. The van der Waals surface area contributed by atoms with Crippen LogP contribution < -0.4 is 0 Å². The van der Waals surface area contributed by atoms with Crippen molar-refractivity contribution in [1.29, 1.82) is 0 Å². The van der Waals surface area contributed by atoms with Crippen LogP contribution in [0, 0.1) is 11.8 Å². The van der Waals surface area contributed by atoms with E-state index in [1.54, 1.807) is 13.8 Å². The summed E-state index contributed by atoms with van der Waals surface area (Å²) in [5.74, 6) is -2.45. The molecule has 0 spiro atoms. The third-order valence-corrected chi connectivity index (χ3v) is 2.85. The van der Waals surface area contributed by atoms with Crippen LogP contribution in [0.2, 0.25) is 0 Å². The van der Waals surface area contributed by atoms with Gasteiger partial charge >= 0.3 is 5.97 Å². The zero-order valence-electron chi connectivity index (χ0n) is 10.2. The Morgan fingerprint density at radius 1 is 1.22 bits per heavy atom. The largest absolute Gasteiger partial charge is 0.481 e. The number of hydrogen-bond donors (Lipinski definition) is 2. The van der Waals surface area contributed by atoms with Crippen molar-refractivity contribution in [3.63, 3.8) is 0 Å². The summed E-state index contributed by atoms with van der Waals surface area (Å²) in [4.78, 5) is 11.1. The molecule has 5 heteroatoms. The van der Waals surface area contributed by atoms with Crippen molar-refractivity contribution >= 4 is 5.97 Å². The van der Waals surface area contributed by atoms with E-state index in [1.165, 1.54) is 18.2 Å². The zero-order valence-corrected chi connectivity index (χ0v) is 10.2. The Kier molecular flexibility index (Phi) is 4.78. The molecule has 0 fully saturated rings. The molecule has 0 aliphatic rings. The Morgan fingerprint density at radius 3 is 2.22 bits per heavy atom. The molecule has 2 unspecified atom stereocenters. The number of carboxylic acids is 1. The topological polar surface area (TPSA) is 57.5 Å². The van der Waals surface area contributed by atoms with E-state index < -0.39 is 24.4 Å². The second-order valence-corrected chi connectivity index (χ2v) is 4.52. The van der Waals surface area contributed by atoms with Gasteiger partial charge in [-0.2, -0.15) is 0 Å². The number of alkyl halides is 2. The van der Waals surface area contributed by atoms with E-state index in [0.717, 1.165) is 6.07 Å². The van der Waals surface area contributed by atoms with Crippen LogP contribution in [0.1, 0.15) is 37.5 Å². The first kappa shape index (κ1) is 14.6. The van der Waals surface area contributed by atoms with Crippen LogP contribution in [0.3, 0.4) is 0 Å². The summed E-state index contributed by atoms with van der Waals surface area (Å²) in [6.07, 6.45) is -3.93. The lowest BCUT2D eigenvalue weighted by molar-refractivity contribution is -0.148. The van der Waals surface area contributed by atoms with E-state index in [2.05, 4.69) is 0 Å². The number of hydrogen-bond acceptors (Lipinski definition) is 2. The molecule has 1 aromatic rings. The highest BCUT2D eigenvalue weighted by Crippen LogP contribution is 2.30. The van der Waals surface area contributed by atoms with Gasteiger partial charge in [-0.05, 0) is 17.5 Å². The van der Waals surface area contributed by atoms with E-state index in [0.29, 0.717) is 0 Å². The maximum atomic E-state index is 12.5. The van der Waals surface area contributed by atoms with Gasteiger partial charge in [0.2, 0.25) is 0 Å². The number of aliphatic hydroxyl groups excluding tert-OH is 1. The Hall–Kier alpha value is -1.49. The molecule has 0 aromatic heterocycles. The van der Waals surface area contributed by atoms with Crippen molar-refractivity contribution in [3.05, 3.63) is 35.4 Å². The molecular weight excluding hydrogens is 242 g/mol. The lowest BCUT2D eigenvalue weighted by atomic mass is 9.86. The second kappa shape index (κ2) is 5.91. The molecule has 100 valence electrons. The summed E-state index contributed by atoms with van der Waals surface area (Å²) in [5.41, 5.74) is -0.0201. The lowest BCUT2D eigenvalue weighted by Crippen LogP contribution is -2.27. The molecule has 0 amide bonds. The van der Waals surface area contributed by atoms with Crippen LogP contribution in [-0.2, 0) is 4.79 Å². The normalized spacial score (nSPS) is 14.8. The fraction of sp³-hybridized carbons (Fsp3) is 0.462. The van der Waals surface area contributed by atoms with Gasteiger partial charge in [-0.1, -0.05) is 32.0 Å². The van der Waals surface area contributed by atoms with Gasteiger partial charge in [0.1, 0.15) is 0 Å². The molecule has 0 radical (unpaired) electrons. The van der Waals surface area contributed by atoms with Crippen molar-refractivity contribution in [2.75, 3.05) is 0 Å². The SMILES string of the molecule is CC(C)C(C(=O)O)C(O)c1cccc(C(F)F)c1. The van der Waals surface area contributed by atoms with Crippen molar-refractivity contribution < 1.29 is 23.8 Å². The minimum absolute atomic E-state index is 0.203. The quantitative estimate of drug-likeness (QED) is 0.853. The first-order valence-corrected chi connectivity index (χ1v) is 5.63. The molecule has 0 saturated heterocycles. The maximum Gasteiger partial charge on any atom is 0.309 e. The number of rotatable bonds is 5. The van der Waals surface area contributed by atoms with Gasteiger partial charge in [-0.25, -0.2) is 8.78 Å². The summed E-state index contributed by atoms with van der Waals surface area (Å²) in [5, 5.41) is 19.0.